The first-order valence-electron chi connectivity index (χ1n) is 8.26. The number of nitrogens with one attached hydrogen (secondary N) is 1. The van der Waals surface area contributed by atoms with Crippen LogP contribution in [0.2, 0.25) is 0 Å². The number of rotatable bonds is 4. The van der Waals surface area contributed by atoms with Crippen LogP contribution in [0.25, 0.3) is 5.65 Å². The van der Waals surface area contributed by atoms with Crippen molar-refractivity contribution in [2.45, 2.75) is 32.4 Å². The average Bonchev–Trinajstić information content (AvgIpc) is 3.35. The minimum atomic E-state index is -0.0438. The van der Waals surface area contributed by atoms with E-state index in [4.69, 9.17) is 0 Å². The summed E-state index contributed by atoms with van der Waals surface area (Å²) in [6.45, 7) is 2.56. The SMILES string of the molecule is Cc1ccccc1NC(=O)N(Cc1cnc2ccccn12)C1CC1. The van der Waals surface area contributed by atoms with Crippen molar-refractivity contribution in [1.29, 1.82) is 0 Å². The van der Waals surface area contributed by atoms with Crippen LogP contribution in [0.3, 0.4) is 0 Å². The van der Waals surface area contributed by atoms with E-state index in [0.29, 0.717) is 12.6 Å². The highest BCUT2D eigenvalue weighted by Crippen LogP contribution is 2.29. The first-order valence-corrected chi connectivity index (χ1v) is 8.26. The number of hydrogen-bond donors (Lipinski definition) is 1. The molecule has 0 bridgehead atoms. The van der Waals surface area contributed by atoms with Crippen molar-refractivity contribution in [3.05, 3.63) is 66.1 Å². The molecular formula is C19H20N4O. The molecule has 4 rings (SSSR count). The fraction of sp³-hybridized carbons (Fsp3) is 0.263. The lowest BCUT2D eigenvalue weighted by molar-refractivity contribution is 0.205. The summed E-state index contributed by atoms with van der Waals surface area (Å²) in [5, 5.41) is 3.05. The van der Waals surface area contributed by atoms with E-state index >= 15 is 0 Å². The van der Waals surface area contributed by atoms with Gasteiger partial charge in [0.15, 0.2) is 0 Å². The highest BCUT2D eigenvalue weighted by molar-refractivity contribution is 5.90. The number of nitrogens with zero attached hydrogens (tertiary/aromatic N) is 3. The molecular weight excluding hydrogens is 300 g/mol. The Kier molecular flexibility index (Phi) is 3.69. The number of fused-ring (bicyclic) bond motifs is 1. The molecule has 3 aromatic rings. The number of anilines is 1. The van der Waals surface area contributed by atoms with Crippen molar-refractivity contribution < 1.29 is 4.79 Å². The molecule has 2 aromatic heterocycles. The largest absolute Gasteiger partial charge is 0.322 e. The second-order valence-corrected chi connectivity index (χ2v) is 6.28. The Bertz CT molecular complexity index is 882. The van der Waals surface area contributed by atoms with Gasteiger partial charge in [-0.2, -0.15) is 0 Å². The van der Waals surface area contributed by atoms with Crippen molar-refractivity contribution in [3.63, 3.8) is 0 Å². The molecule has 5 heteroatoms. The van der Waals surface area contributed by atoms with Crippen LogP contribution in [-0.2, 0) is 6.54 Å². The van der Waals surface area contributed by atoms with Gasteiger partial charge in [0, 0.05) is 17.9 Å². The number of amides is 2. The van der Waals surface area contributed by atoms with Gasteiger partial charge in [-0.3, -0.25) is 0 Å². The van der Waals surface area contributed by atoms with E-state index in [1.54, 1.807) is 0 Å². The number of hydrogen-bond acceptors (Lipinski definition) is 2. The molecule has 24 heavy (non-hydrogen) atoms. The zero-order chi connectivity index (χ0) is 16.5. The first kappa shape index (κ1) is 14.8. The van der Waals surface area contributed by atoms with Crippen molar-refractivity contribution in [2.24, 2.45) is 0 Å². The molecule has 0 unspecified atom stereocenters. The Morgan fingerprint density at radius 3 is 2.83 bits per heavy atom. The molecule has 0 saturated heterocycles. The van der Waals surface area contributed by atoms with Gasteiger partial charge < -0.3 is 14.6 Å². The molecule has 1 saturated carbocycles. The van der Waals surface area contributed by atoms with Crippen molar-refractivity contribution >= 4 is 17.4 Å². The zero-order valence-corrected chi connectivity index (χ0v) is 13.6. The lowest BCUT2D eigenvalue weighted by atomic mass is 10.2. The maximum Gasteiger partial charge on any atom is 0.322 e. The summed E-state index contributed by atoms with van der Waals surface area (Å²) in [6.07, 6.45) is 5.98. The van der Waals surface area contributed by atoms with Crippen LogP contribution in [0.4, 0.5) is 10.5 Å². The summed E-state index contributed by atoms with van der Waals surface area (Å²) in [5.41, 5.74) is 3.86. The van der Waals surface area contributed by atoms with Crippen LogP contribution < -0.4 is 5.32 Å². The van der Waals surface area contributed by atoms with Gasteiger partial charge in [-0.15, -0.1) is 0 Å². The smallest absolute Gasteiger partial charge is 0.316 e. The van der Waals surface area contributed by atoms with Crippen LogP contribution in [0.1, 0.15) is 24.1 Å². The van der Waals surface area contributed by atoms with Gasteiger partial charge in [-0.05, 0) is 43.5 Å². The molecule has 0 aliphatic heterocycles. The summed E-state index contributed by atoms with van der Waals surface area (Å²) in [7, 11) is 0. The van der Waals surface area contributed by atoms with E-state index in [1.807, 2.05) is 71.1 Å². The van der Waals surface area contributed by atoms with Crippen molar-refractivity contribution in [2.75, 3.05) is 5.32 Å². The topological polar surface area (TPSA) is 49.6 Å². The number of para-hydroxylation sites is 1. The molecule has 2 heterocycles. The standard InChI is InChI=1S/C19H20N4O/c1-14-6-2-3-7-17(14)21-19(24)23(15-9-10-15)13-16-12-20-18-8-4-5-11-22(16)18/h2-8,11-12,15H,9-10,13H2,1H3,(H,21,24). The van der Waals surface area contributed by atoms with Crippen LogP contribution >= 0.6 is 0 Å². The number of carbonyl (C=O) groups excluding carboxylic acids is 1. The van der Waals surface area contributed by atoms with Crippen LogP contribution in [0.15, 0.2) is 54.9 Å². The third-order valence-electron chi connectivity index (χ3n) is 4.46. The minimum Gasteiger partial charge on any atom is -0.316 e. The lowest BCUT2D eigenvalue weighted by Crippen LogP contribution is -2.36. The quantitative estimate of drug-likeness (QED) is 0.794. The van der Waals surface area contributed by atoms with E-state index < -0.39 is 0 Å². The van der Waals surface area contributed by atoms with Crippen molar-refractivity contribution in [3.8, 4) is 0 Å². The van der Waals surface area contributed by atoms with Gasteiger partial charge >= 0.3 is 6.03 Å². The minimum absolute atomic E-state index is 0.0438. The molecule has 1 aliphatic carbocycles. The summed E-state index contributed by atoms with van der Waals surface area (Å²) < 4.78 is 2.04. The Morgan fingerprint density at radius 1 is 1.25 bits per heavy atom. The average molecular weight is 320 g/mol. The third-order valence-corrected chi connectivity index (χ3v) is 4.46. The fourth-order valence-corrected chi connectivity index (χ4v) is 2.93. The number of benzene rings is 1. The van der Waals surface area contributed by atoms with Gasteiger partial charge in [-0.1, -0.05) is 24.3 Å². The zero-order valence-electron chi connectivity index (χ0n) is 13.6. The highest BCUT2D eigenvalue weighted by atomic mass is 16.2. The second-order valence-electron chi connectivity index (χ2n) is 6.28. The molecule has 1 aromatic carbocycles. The van der Waals surface area contributed by atoms with E-state index in [2.05, 4.69) is 10.3 Å². The molecule has 0 radical (unpaired) electrons. The van der Waals surface area contributed by atoms with E-state index in [-0.39, 0.29) is 6.03 Å². The Balaban J connectivity index is 1.56. The molecule has 0 atom stereocenters. The molecule has 1 N–H and O–H groups in total. The predicted octanol–water partition coefficient (Wildman–Crippen LogP) is 3.84. The number of pyridine rings is 1. The van der Waals surface area contributed by atoms with Gasteiger partial charge in [0.05, 0.1) is 18.4 Å². The van der Waals surface area contributed by atoms with Gasteiger partial charge in [0.2, 0.25) is 0 Å². The fourth-order valence-electron chi connectivity index (χ4n) is 2.93. The molecule has 1 fully saturated rings. The van der Waals surface area contributed by atoms with Crippen molar-refractivity contribution in [1.82, 2.24) is 14.3 Å². The van der Waals surface area contributed by atoms with Gasteiger partial charge in [-0.25, -0.2) is 9.78 Å². The number of aryl methyl sites for hydroxylation is 1. The maximum absolute atomic E-state index is 12.8. The van der Waals surface area contributed by atoms with E-state index in [0.717, 1.165) is 35.4 Å². The number of imidazole rings is 1. The summed E-state index contributed by atoms with van der Waals surface area (Å²) in [4.78, 5) is 19.1. The molecule has 122 valence electrons. The summed E-state index contributed by atoms with van der Waals surface area (Å²) in [5.74, 6) is 0. The number of urea groups is 1. The van der Waals surface area contributed by atoms with Gasteiger partial charge in [0.25, 0.3) is 0 Å². The number of aromatic nitrogens is 2. The predicted molar refractivity (Wildman–Crippen MR) is 94.0 cm³/mol. The van der Waals surface area contributed by atoms with Crippen LogP contribution in [0.5, 0.6) is 0 Å². The van der Waals surface area contributed by atoms with Gasteiger partial charge in [0.1, 0.15) is 5.65 Å². The molecule has 0 spiro atoms. The Labute approximate surface area is 140 Å². The Morgan fingerprint density at radius 2 is 2.04 bits per heavy atom. The normalized spacial score (nSPS) is 13.9. The number of carbonyl (C=O) groups is 1. The van der Waals surface area contributed by atoms with E-state index in [9.17, 15) is 4.79 Å². The molecule has 2 amide bonds. The summed E-state index contributed by atoms with van der Waals surface area (Å²) >= 11 is 0. The first-order chi connectivity index (χ1) is 11.7. The monoisotopic (exact) mass is 320 g/mol. The molecule has 5 nitrogen and oxygen atoms in total. The highest BCUT2D eigenvalue weighted by Gasteiger charge is 2.33. The van der Waals surface area contributed by atoms with Crippen LogP contribution in [0, 0.1) is 6.92 Å². The third kappa shape index (κ3) is 2.85. The second kappa shape index (κ2) is 6.00. The summed E-state index contributed by atoms with van der Waals surface area (Å²) in [6, 6.07) is 14.0. The molecule has 1 aliphatic rings. The lowest BCUT2D eigenvalue weighted by Gasteiger charge is -2.23. The van der Waals surface area contributed by atoms with E-state index in [1.165, 1.54) is 0 Å². The van der Waals surface area contributed by atoms with Crippen LogP contribution in [-0.4, -0.2) is 26.4 Å². The Hall–Kier alpha value is -2.82. The maximum atomic E-state index is 12.8.